The van der Waals surface area contributed by atoms with E-state index in [0.29, 0.717) is 23.9 Å². The first-order valence-electron chi connectivity index (χ1n) is 6.97. The third-order valence-corrected chi connectivity index (χ3v) is 2.99. The number of ether oxygens (including phenoxy) is 1. The van der Waals surface area contributed by atoms with Crippen molar-refractivity contribution in [2.45, 2.75) is 46.8 Å². The van der Waals surface area contributed by atoms with E-state index in [-0.39, 0.29) is 12.4 Å². The smallest absolute Gasteiger partial charge is 0.163 e. The minimum atomic E-state index is -0.599. The van der Waals surface area contributed by atoms with Crippen LogP contribution in [0.1, 0.15) is 42.3 Å². The first kappa shape index (κ1) is 16.7. The fourth-order valence-corrected chi connectivity index (χ4v) is 2.11. The van der Waals surface area contributed by atoms with E-state index in [1.807, 2.05) is 39.8 Å². The second kappa shape index (κ2) is 7.41. The predicted octanol–water partition coefficient (Wildman–Crippen LogP) is 2.24. The summed E-state index contributed by atoms with van der Waals surface area (Å²) in [6.45, 7) is 10.1. The van der Waals surface area contributed by atoms with Crippen LogP contribution in [0.2, 0.25) is 0 Å². The van der Waals surface area contributed by atoms with Gasteiger partial charge in [0.05, 0.1) is 5.56 Å². The zero-order valence-electron chi connectivity index (χ0n) is 13.0. The first-order valence-corrected chi connectivity index (χ1v) is 6.97. The number of ketones is 1. The van der Waals surface area contributed by atoms with Gasteiger partial charge < -0.3 is 15.2 Å². The quantitative estimate of drug-likeness (QED) is 0.752. The van der Waals surface area contributed by atoms with Crippen LogP contribution in [0.15, 0.2) is 12.1 Å². The van der Waals surface area contributed by atoms with Gasteiger partial charge in [0.15, 0.2) is 5.78 Å². The van der Waals surface area contributed by atoms with Gasteiger partial charge in [0, 0.05) is 12.6 Å². The molecule has 0 aromatic heterocycles. The summed E-state index contributed by atoms with van der Waals surface area (Å²) in [6.07, 6.45) is -0.599. The molecule has 0 saturated carbocycles. The molecule has 1 aromatic carbocycles. The zero-order chi connectivity index (χ0) is 15.3. The van der Waals surface area contributed by atoms with Crippen molar-refractivity contribution in [1.82, 2.24) is 5.32 Å². The molecule has 0 aliphatic carbocycles. The number of benzene rings is 1. The van der Waals surface area contributed by atoms with Crippen molar-refractivity contribution in [2.24, 2.45) is 0 Å². The molecule has 1 atom stereocenters. The lowest BCUT2D eigenvalue weighted by atomic mass is 10.0. The van der Waals surface area contributed by atoms with E-state index in [1.54, 1.807) is 0 Å². The lowest BCUT2D eigenvalue weighted by molar-refractivity contribution is 0.0967. The third kappa shape index (κ3) is 4.94. The van der Waals surface area contributed by atoms with Gasteiger partial charge in [-0.3, -0.25) is 4.79 Å². The minimum absolute atomic E-state index is 0.0210. The Morgan fingerprint density at radius 1 is 1.35 bits per heavy atom. The van der Waals surface area contributed by atoms with Crippen molar-refractivity contribution in [3.63, 3.8) is 0 Å². The maximum atomic E-state index is 11.7. The molecular formula is C16H25NO3. The number of aliphatic hydroxyl groups excluding tert-OH is 1. The average molecular weight is 279 g/mol. The molecule has 0 radical (unpaired) electrons. The molecule has 112 valence electrons. The van der Waals surface area contributed by atoms with Crippen molar-refractivity contribution in [3.8, 4) is 5.75 Å². The molecule has 4 heteroatoms. The molecule has 0 spiro atoms. The van der Waals surface area contributed by atoms with Gasteiger partial charge in [0.2, 0.25) is 0 Å². The molecule has 0 bridgehead atoms. The van der Waals surface area contributed by atoms with Crippen LogP contribution in [0.25, 0.3) is 0 Å². The molecule has 0 fully saturated rings. The van der Waals surface area contributed by atoms with Gasteiger partial charge in [0.1, 0.15) is 18.5 Å². The van der Waals surface area contributed by atoms with E-state index in [4.69, 9.17) is 4.74 Å². The highest BCUT2D eigenvalue weighted by atomic mass is 16.5. The summed E-state index contributed by atoms with van der Waals surface area (Å²) >= 11 is 0. The number of hydrogen-bond acceptors (Lipinski definition) is 4. The largest absolute Gasteiger partial charge is 0.490 e. The van der Waals surface area contributed by atoms with Gasteiger partial charge >= 0.3 is 0 Å². The number of carbonyl (C=O) groups is 1. The summed E-state index contributed by atoms with van der Waals surface area (Å²) in [4.78, 5) is 11.7. The normalized spacial score (nSPS) is 12.6. The zero-order valence-corrected chi connectivity index (χ0v) is 13.0. The lowest BCUT2D eigenvalue weighted by Crippen LogP contribution is -2.35. The second-order valence-electron chi connectivity index (χ2n) is 5.54. The van der Waals surface area contributed by atoms with Crippen LogP contribution in [0.5, 0.6) is 5.75 Å². The molecule has 0 unspecified atom stereocenters. The Kier molecular flexibility index (Phi) is 6.17. The summed E-state index contributed by atoms with van der Waals surface area (Å²) in [7, 11) is 0. The van der Waals surface area contributed by atoms with E-state index >= 15 is 0 Å². The standard InChI is InChI=1S/C16H25NO3/c1-10(2)17-8-14(19)9-20-15-7-11(3)6-12(4)16(15)13(5)18/h6-7,10,14,17,19H,8-9H2,1-5H3/t14-/m0/s1. The number of aryl methyl sites for hydroxylation is 2. The summed E-state index contributed by atoms with van der Waals surface area (Å²) < 4.78 is 5.64. The minimum Gasteiger partial charge on any atom is -0.490 e. The third-order valence-electron chi connectivity index (χ3n) is 2.99. The molecule has 0 saturated heterocycles. The van der Waals surface area contributed by atoms with Crippen molar-refractivity contribution in [1.29, 1.82) is 0 Å². The maximum absolute atomic E-state index is 11.7. The van der Waals surface area contributed by atoms with Gasteiger partial charge in [-0.15, -0.1) is 0 Å². The Balaban J connectivity index is 2.74. The van der Waals surface area contributed by atoms with Crippen molar-refractivity contribution >= 4 is 5.78 Å². The van der Waals surface area contributed by atoms with E-state index in [9.17, 15) is 9.90 Å². The Labute approximate surface area is 121 Å². The number of Topliss-reactive ketones (excluding diaryl/α,β-unsaturated/α-hetero) is 1. The highest BCUT2D eigenvalue weighted by molar-refractivity contribution is 5.98. The molecule has 2 N–H and O–H groups in total. The number of rotatable bonds is 7. The number of hydrogen-bond donors (Lipinski definition) is 2. The number of carbonyl (C=O) groups excluding carboxylic acids is 1. The topological polar surface area (TPSA) is 58.6 Å². The molecule has 0 aliphatic rings. The molecule has 0 aliphatic heterocycles. The molecule has 4 nitrogen and oxygen atoms in total. The van der Waals surface area contributed by atoms with Crippen molar-refractivity contribution in [2.75, 3.05) is 13.2 Å². The van der Waals surface area contributed by atoms with Crippen molar-refractivity contribution in [3.05, 3.63) is 28.8 Å². The van der Waals surface area contributed by atoms with Gasteiger partial charge in [-0.2, -0.15) is 0 Å². The fourth-order valence-electron chi connectivity index (χ4n) is 2.11. The lowest BCUT2D eigenvalue weighted by Gasteiger charge is -2.17. The van der Waals surface area contributed by atoms with Crippen LogP contribution in [0.3, 0.4) is 0 Å². The van der Waals surface area contributed by atoms with Gasteiger partial charge in [-0.25, -0.2) is 0 Å². The Morgan fingerprint density at radius 2 is 2.00 bits per heavy atom. The van der Waals surface area contributed by atoms with Gasteiger partial charge in [-0.1, -0.05) is 19.9 Å². The van der Waals surface area contributed by atoms with Crippen LogP contribution >= 0.6 is 0 Å². The highest BCUT2D eigenvalue weighted by Crippen LogP contribution is 2.25. The van der Waals surface area contributed by atoms with Crippen LogP contribution in [-0.2, 0) is 0 Å². The van der Waals surface area contributed by atoms with E-state index in [2.05, 4.69) is 5.32 Å². The number of nitrogens with one attached hydrogen (secondary N) is 1. The second-order valence-corrected chi connectivity index (χ2v) is 5.54. The summed E-state index contributed by atoms with van der Waals surface area (Å²) in [6, 6.07) is 4.12. The molecule has 20 heavy (non-hydrogen) atoms. The first-order chi connectivity index (χ1) is 9.31. The Morgan fingerprint density at radius 3 is 2.55 bits per heavy atom. The summed E-state index contributed by atoms with van der Waals surface area (Å²) in [5.41, 5.74) is 2.54. The predicted molar refractivity (Wildman–Crippen MR) is 80.6 cm³/mol. The fraction of sp³-hybridized carbons (Fsp3) is 0.562. The van der Waals surface area contributed by atoms with Crippen LogP contribution < -0.4 is 10.1 Å². The summed E-state index contributed by atoms with van der Waals surface area (Å²) in [5.74, 6) is 0.533. The van der Waals surface area contributed by atoms with Gasteiger partial charge in [-0.05, 0) is 38.0 Å². The van der Waals surface area contributed by atoms with E-state index in [0.717, 1.165) is 11.1 Å². The van der Waals surface area contributed by atoms with Gasteiger partial charge in [0.25, 0.3) is 0 Å². The summed E-state index contributed by atoms with van der Waals surface area (Å²) in [5, 5.41) is 13.0. The Bertz CT molecular complexity index is 469. The number of aliphatic hydroxyl groups is 1. The SMILES string of the molecule is CC(=O)c1c(C)cc(C)cc1OC[C@@H](O)CNC(C)C. The van der Waals surface area contributed by atoms with E-state index < -0.39 is 6.10 Å². The highest BCUT2D eigenvalue weighted by Gasteiger charge is 2.14. The molecule has 0 heterocycles. The maximum Gasteiger partial charge on any atom is 0.163 e. The molecule has 1 rings (SSSR count). The van der Waals surface area contributed by atoms with Crippen molar-refractivity contribution < 1.29 is 14.6 Å². The van der Waals surface area contributed by atoms with Crippen LogP contribution in [-0.4, -0.2) is 36.2 Å². The molecular weight excluding hydrogens is 254 g/mol. The Hall–Kier alpha value is -1.39. The average Bonchev–Trinajstić information content (AvgIpc) is 2.32. The molecule has 1 aromatic rings. The van der Waals surface area contributed by atoms with E-state index in [1.165, 1.54) is 6.92 Å². The monoisotopic (exact) mass is 279 g/mol. The van der Waals surface area contributed by atoms with Crippen LogP contribution in [0.4, 0.5) is 0 Å². The van der Waals surface area contributed by atoms with Crippen LogP contribution in [0, 0.1) is 13.8 Å². The molecule has 0 amide bonds.